The molecule has 0 unspecified atom stereocenters. The van der Waals surface area contributed by atoms with Gasteiger partial charge in [0, 0.05) is 29.1 Å². The van der Waals surface area contributed by atoms with Gasteiger partial charge in [0.05, 0.1) is 11.4 Å². The summed E-state index contributed by atoms with van der Waals surface area (Å²) in [5, 5.41) is 4.90. The topological polar surface area (TPSA) is 38.7 Å². The van der Waals surface area contributed by atoms with E-state index in [0.29, 0.717) is 5.82 Å². The number of fused-ring (bicyclic) bond motifs is 2. The summed E-state index contributed by atoms with van der Waals surface area (Å²) < 4.78 is 0. The van der Waals surface area contributed by atoms with Gasteiger partial charge in [-0.15, -0.1) is 0 Å². The molecule has 0 fully saturated rings. The maximum Gasteiger partial charge on any atom is 0.160 e. The molecule has 2 heterocycles. The second kappa shape index (κ2) is 12.7. The summed E-state index contributed by atoms with van der Waals surface area (Å²) in [6.07, 6.45) is 3.69. The van der Waals surface area contributed by atoms with E-state index in [1.165, 1.54) is 32.7 Å². The molecule has 0 aliphatic heterocycles. The van der Waals surface area contributed by atoms with E-state index in [2.05, 4.69) is 175 Å². The fourth-order valence-corrected chi connectivity index (χ4v) is 6.87. The van der Waals surface area contributed by atoms with E-state index in [1.54, 1.807) is 6.20 Å². The van der Waals surface area contributed by atoms with Crippen LogP contribution in [0.2, 0.25) is 0 Å². The van der Waals surface area contributed by atoms with Crippen LogP contribution in [0.3, 0.4) is 0 Å². The second-order valence-corrected chi connectivity index (χ2v) is 12.5. The standard InChI is InChI=1S/C47H31N3/c1-3-19-41-33(10-1)12-7-21-43(41)36-14-5-16-38(28-36)46-30-45(35-25-23-32(24-26-35)40-18-9-27-48-31-40)49-47(50-46)39-17-6-15-37(29-39)44-22-8-13-34-11-2-4-20-42(34)44/h1-31H. The monoisotopic (exact) mass is 637 g/mol. The third kappa shape index (κ3) is 5.61. The van der Waals surface area contributed by atoms with Crippen LogP contribution in [0.1, 0.15) is 0 Å². The molecule has 0 spiro atoms. The Bertz CT molecular complexity index is 2490. The first-order valence-corrected chi connectivity index (χ1v) is 16.8. The molecule has 50 heavy (non-hydrogen) atoms. The lowest BCUT2D eigenvalue weighted by Crippen LogP contribution is -1.96. The fourth-order valence-electron chi connectivity index (χ4n) is 6.87. The number of nitrogens with zero attached hydrogens (tertiary/aromatic N) is 3. The van der Waals surface area contributed by atoms with E-state index >= 15 is 0 Å². The molecule has 9 aromatic rings. The number of benzene rings is 7. The van der Waals surface area contributed by atoms with Crippen molar-refractivity contribution in [3.63, 3.8) is 0 Å². The zero-order chi connectivity index (χ0) is 33.3. The van der Waals surface area contributed by atoms with Gasteiger partial charge in [-0.25, -0.2) is 9.97 Å². The Morgan fingerprint density at radius 2 is 0.820 bits per heavy atom. The molecule has 0 N–H and O–H groups in total. The first-order valence-electron chi connectivity index (χ1n) is 16.8. The minimum absolute atomic E-state index is 0.687. The van der Waals surface area contributed by atoms with Gasteiger partial charge < -0.3 is 0 Å². The van der Waals surface area contributed by atoms with Crippen molar-refractivity contribution in [1.29, 1.82) is 0 Å². The summed E-state index contributed by atoms with van der Waals surface area (Å²) in [6, 6.07) is 62.0. The lowest BCUT2D eigenvalue weighted by atomic mass is 9.95. The van der Waals surface area contributed by atoms with Crippen molar-refractivity contribution >= 4 is 21.5 Å². The first-order chi connectivity index (χ1) is 24.8. The van der Waals surface area contributed by atoms with Crippen LogP contribution >= 0.6 is 0 Å². The highest BCUT2D eigenvalue weighted by atomic mass is 14.9. The molecule has 0 aliphatic rings. The van der Waals surface area contributed by atoms with Crippen LogP contribution < -0.4 is 0 Å². The van der Waals surface area contributed by atoms with Crippen LogP contribution in [0.5, 0.6) is 0 Å². The van der Waals surface area contributed by atoms with Crippen LogP contribution in [0.4, 0.5) is 0 Å². The van der Waals surface area contributed by atoms with E-state index in [-0.39, 0.29) is 0 Å². The average molecular weight is 638 g/mol. The van der Waals surface area contributed by atoms with Gasteiger partial charge in [-0.2, -0.15) is 0 Å². The van der Waals surface area contributed by atoms with Gasteiger partial charge in [-0.3, -0.25) is 4.98 Å². The van der Waals surface area contributed by atoms with Crippen molar-refractivity contribution in [2.45, 2.75) is 0 Å². The SMILES string of the molecule is c1cncc(-c2ccc(-c3cc(-c4cccc(-c5cccc6ccccc56)c4)nc(-c4cccc(-c5cccc6ccccc56)c4)n3)cc2)c1. The van der Waals surface area contributed by atoms with Crippen molar-refractivity contribution in [2.24, 2.45) is 0 Å². The summed E-state index contributed by atoms with van der Waals surface area (Å²) >= 11 is 0. The van der Waals surface area contributed by atoms with E-state index < -0.39 is 0 Å². The van der Waals surface area contributed by atoms with Crippen LogP contribution in [0.15, 0.2) is 188 Å². The van der Waals surface area contributed by atoms with Gasteiger partial charge in [0.1, 0.15) is 0 Å². The molecule has 2 aromatic heterocycles. The van der Waals surface area contributed by atoms with Gasteiger partial charge in [0.25, 0.3) is 0 Å². The third-order valence-electron chi connectivity index (χ3n) is 9.38. The first kappa shape index (κ1) is 29.4. The van der Waals surface area contributed by atoms with E-state index in [0.717, 1.165) is 50.3 Å². The Hall–Kier alpha value is -6.71. The van der Waals surface area contributed by atoms with Crippen LogP contribution in [-0.2, 0) is 0 Å². The van der Waals surface area contributed by atoms with E-state index in [1.807, 2.05) is 12.3 Å². The fraction of sp³-hybridized carbons (Fsp3) is 0. The molecule has 9 rings (SSSR count). The third-order valence-corrected chi connectivity index (χ3v) is 9.38. The van der Waals surface area contributed by atoms with Gasteiger partial charge in [0.15, 0.2) is 5.82 Å². The van der Waals surface area contributed by atoms with Crippen molar-refractivity contribution in [2.75, 3.05) is 0 Å². The maximum atomic E-state index is 5.24. The lowest BCUT2D eigenvalue weighted by molar-refractivity contribution is 1.18. The number of hydrogen-bond donors (Lipinski definition) is 0. The van der Waals surface area contributed by atoms with Gasteiger partial charge in [-0.1, -0.05) is 152 Å². The Morgan fingerprint density at radius 1 is 0.320 bits per heavy atom. The van der Waals surface area contributed by atoms with Crippen molar-refractivity contribution in [3.05, 3.63) is 188 Å². The maximum absolute atomic E-state index is 5.24. The smallest absolute Gasteiger partial charge is 0.160 e. The molecular weight excluding hydrogens is 607 g/mol. The van der Waals surface area contributed by atoms with E-state index in [4.69, 9.17) is 9.97 Å². The van der Waals surface area contributed by atoms with E-state index in [9.17, 15) is 0 Å². The molecule has 234 valence electrons. The summed E-state index contributed by atoms with van der Waals surface area (Å²) in [4.78, 5) is 14.7. The van der Waals surface area contributed by atoms with Crippen molar-refractivity contribution in [3.8, 4) is 67.3 Å². The molecule has 0 saturated carbocycles. The van der Waals surface area contributed by atoms with Crippen molar-refractivity contribution in [1.82, 2.24) is 15.0 Å². The Labute approximate surface area is 291 Å². The van der Waals surface area contributed by atoms with Crippen molar-refractivity contribution < 1.29 is 0 Å². The molecule has 3 nitrogen and oxygen atoms in total. The van der Waals surface area contributed by atoms with Crippen LogP contribution in [0.25, 0.3) is 88.8 Å². The number of pyridine rings is 1. The molecule has 0 bridgehead atoms. The molecule has 0 amide bonds. The molecule has 0 aliphatic carbocycles. The quantitative estimate of drug-likeness (QED) is 0.182. The largest absolute Gasteiger partial charge is 0.264 e. The highest BCUT2D eigenvalue weighted by Gasteiger charge is 2.14. The molecule has 0 radical (unpaired) electrons. The number of rotatable bonds is 6. The summed E-state index contributed by atoms with van der Waals surface area (Å²) in [5.41, 5.74) is 11.6. The lowest BCUT2D eigenvalue weighted by Gasteiger charge is -2.13. The zero-order valence-corrected chi connectivity index (χ0v) is 27.2. The summed E-state index contributed by atoms with van der Waals surface area (Å²) in [7, 11) is 0. The Balaban J connectivity index is 1.19. The number of aromatic nitrogens is 3. The predicted octanol–water partition coefficient (Wildman–Crippen LogP) is 12.2. The Kier molecular flexibility index (Phi) is 7.49. The molecule has 3 heteroatoms. The second-order valence-electron chi connectivity index (χ2n) is 12.5. The molecule has 0 saturated heterocycles. The van der Waals surface area contributed by atoms with Crippen LogP contribution in [0, 0.1) is 0 Å². The zero-order valence-electron chi connectivity index (χ0n) is 27.2. The highest BCUT2D eigenvalue weighted by molar-refractivity contribution is 5.98. The van der Waals surface area contributed by atoms with Gasteiger partial charge in [0.2, 0.25) is 0 Å². The minimum Gasteiger partial charge on any atom is -0.264 e. The predicted molar refractivity (Wildman–Crippen MR) is 207 cm³/mol. The number of hydrogen-bond acceptors (Lipinski definition) is 3. The summed E-state index contributed by atoms with van der Waals surface area (Å²) in [6.45, 7) is 0. The van der Waals surface area contributed by atoms with Crippen LogP contribution in [-0.4, -0.2) is 15.0 Å². The molecule has 0 atom stereocenters. The van der Waals surface area contributed by atoms with Gasteiger partial charge >= 0.3 is 0 Å². The minimum atomic E-state index is 0.687. The average Bonchev–Trinajstić information content (AvgIpc) is 3.21. The normalized spacial score (nSPS) is 11.2. The molecular formula is C47H31N3. The molecule has 7 aromatic carbocycles. The van der Waals surface area contributed by atoms with Gasteiger partial charge in [-0.05, 0) is 79.2 Å². The highest BCUT2D eigenvalue weighted by Crippen LogP contribution is 2.35. The Morgan fingerprint density at radius 3 is 1.46 bits per heavy atom. The summed E-state index contributed by atoms with van der Waals surface area (Å²) in [5.74, 6) is 0.687.